The highest BCUT2D eigenvalue weighted by Gasteiger charge is 2.26. The van der Waals surface area contributed by atoms with Crippen LogP contribution >= 0.6 is 11.6 Å². The minimum atomic E-state index is -1.36. The number of nitrogens with zero attached hydrogens (tertiary/aromatic N) is 2. The molecule has 6 nitrogen and oxygen atoms in total. The molecule has 0 saturated carbocycles. The van der Waals surface area contributed by atoms with Gasteiger partial charge in [-0.15, -0.1) is 0 Å². The average molecular weight is 312 g/mol. The molecular weight excluding hydrogens is 301 g/mol. The fourth-order valence-electron chi connectivity index (χ4n) is 1.85. The lowest BCUT2D eigenvalue weighted by Crippen LogP contribution is -2.32. The number of hydrogen-bond acceptors (Lipinski definition) is 4. The summed E-state index contributed by atoms with van der Waals surface area (Å²) in [4.78, 5) is 18.5. The van der Waals surface area contributed by atoms with E-state index in [2.05, 4.69) is 15.3 Å². The third-order valence-corrected chi connectivity index (χ3v) is 2.97. The molecule has 0 aliphatic rings. The van der Waals surface area contributed by atoms with Crippen LogP contribution in [0.25, 0.3) is 0 Å². The number of hydrogen-bond donors (Lipinski definition) is 3. The number of aliphatic hydroxyl groups is 1. The largest absolute Gasteiger partial charge is 0.465 e. The summed E-state index contributed by atoms with van der Waals surface area (Å²) < 4.78 is 13.2. The molecule has 3 N–H and O–H groups in total. The lowest BCUT2D eigenvalue weighted by atomic mass is 9.99. The number of halogens is 2. The van der Waals surface area contributed by atoms with E-state index >= 15 is 0 Å². The molecule has 0 bridgehead atoms. The second-order valence-corrected chi connectivity index (χ2v) is 4.58. The fraction of sp³-hybridized carbons (Fsp3) is 0.154. The van der Waals surface area contributed by atoms with Gasteiger partial charge in [0.15, 0.2) is 0 Å². The standard InChI is InChI=1S/C13H11ClFN3O3/c14-10-5-9(16-6-17-10)11(18-13(20)21)12(19)7-2-1-3-8(15)4-7/h1-6,11-12,18-19H,(H,20,21)/t11-,12+/m1/s1. The Morgan fingerprint density at radius 2 is 2.10 bits per heavy atom. The van der Waals surface area contributed by atoms with Crippen molar-refractivity contribution in [3.05, 3.63) is 58.9 Å². The molecule has 2 atom stereocenters. The first kappa shape index (κ1) is 15.1. The smallest absolute Gasteiger partial charge is 0.405 e. The van der Waals surface area contributed by atoms with E-state index < -0.39 is 24.1 Å². The molecule has 0 aliphatic heterocycles. The number of rotatable bonds is 4. The minimum absolute atomic E-state index is 0.101. The Morgan fingerprint density at radius 1 is 1.33 bits per heavy atom. The lowest BCUT2D eigenvalue weighted by Gasteiger charge is -2.22. The molecule has 0 saturated heterocycles. The van der Waals surface area contributed by atoms with E-state index in [1.54, 1.807) is 0 Å². The van der Waals surface area contributed by atoms with Crippen LogP contribution in [0.4, 0.5) is 9.18 Å². The van der Waals surface area contributed by atoms with Gasteiger partial charge < -0.3 is 15.5 Å². The minimum Gasteiger partial charge on any atom is -0.465 e. The van der Waals surface area contributed by atoms with Crippen LogP contribution in [0.15, 0.2) is 36.7 Å². The van der Waals surface area contributed by atoms with Gasteiger partial charge in [0.2, 0.25) is 0 Å². The van der Waals surface area contributed by atoms with Crippen molar-refractivity contribution in [1.82, 2.24) is 15.3 Å². The van der Waals surface area contributed by atoms with E-state index in [1.807, 2.05) is 0 Å². The fourth-order valence-corrected chi connectivity index (χ4v) is 2.00. The zero-order valence-corrected chi connectivity index (χ0v) is 11.3. The zero-order valence-electron chi connectivity index (χ0n) is 10.6. The first-order valence-electron chi connectivity index (χ1n) is 5.88. The van der Waals surface area contributed by atoms with Gasteiger partial charge in [0, 0.05) is 0 Å². The summed E-state index contributed by atoms with van der Waals surface area (Å²) in [5.74, 6) is -0.540. The predicted octanol–water partition coefficient (Wildman–Crippen LogP) is 2.31. The number of benzene rings is 1. The number of carboxylic acid groups (broad SMARTS) is 1. The highest BCUT2D eigenvalue weighted by Crippen LogP contribution is 2.28. The van der Waals surface area contributed by atoms with Gasteiger partial charge in [-0.2, -0.15) is 0 Å². The van der Waals surface area contributed by atoms with Gasteiger partial charge in [-0.05, 0) is 23.8 Å². The molecule has 1 aromatic heterocycles. The second kappa shape index (κ2) is 6.47. The first-order valence-corrected chi connectivity index (χ1v) is 6.25. The van der Waals surface area contributed by atoms with Crippen LogP contribution in [0.5, 0.6) is 0 Å². The van der Waals surface area contributed by atoms with Crippen LogP contribution in [0, 0.1) is 5.82 Å². The summed E-state index contributed by atoms with van der Waals surface area (Å²) in [6.07, 6.45) is -1.54. The number of carbonyl (C=O) groups is 1. The Morgan fingerprint density at radius 3 is 2.71 bits per heavy atom. The third-order valence-electron chi connectivity index (χ3n) is 2.76. The van der Waals surface area contributed by atoms with Crippen molar-refractivity contribution in [3.8, 4) is 0 Å². The van der Waals surface area contributed by atoms with Crippen LogP contribution in [0.3, 0.4) is 0 Å². The number of aromatic nitrogens is 2. The van der Waals surface area contributed by atoms with Crippen LogP contribution in [-0.4, -0.2) is 26.3 Å². The van der Waals surface area contributed by atoms with Crippen molar-refractivity contribution in [3.63, 3.8) is 0 Å². The maximum absolute atomic E-state index is 13.2. The summed E-state index contributed by atoms with van der Waals surface area (Å²) in [6, 6.07) is 5.45. The molecule has 8 heteroatoms. The third kappa shape index (κ3) is 3.87. The Hall–Kier alpha value is -2.25. The van der Waals surface area contributed by atoms with E-state index in [0.29, 0.717) is 0 Å². The van der Waals surface area contributed by atoms with Crippen LogP contribution < -0.4 is 5.32 Å². The van der Waals surface area contributed by atoms with E-state index in [1.165, 1.54) is 24.3 Å². The number of amides is 1. The van der Waals surface area contributed by atoms with E-state index in [4.69, 9.17) is 16.7 Å². The molecule has 0 fully saturated rings. The quantitative estimate of drug-likeness (QED) is 0.753. The van der Waals surface area contributed by atoms with Crippen molar-refractivity contribution in [2.24, 2.45) is 0 Å². The molecule has 1 amide bonds. The Bertz CT molecular complexity index is 656. The first-order chi connectivity index (χ1) is 9.97. The van der Waals surface area contributed by atoms with Crippen LogP contribution in [-0.2, 0) is 0 Å². The molecule has 21 heavy (non-hydrogen) atoms. The van der Waals surface area contributed by atoms with Gasteiger partial charge in [0.05, 0.1) is 5.69 Å². The Balaban J connectivity index is 2.38. The maximum Gasteiger partial charge on any atom is 0.405 e. The second-order valence-electron chi connectivity index (χ2n) is 4.19. The summed E-state index contributed by atoms with van der Waals surface area (Å²) >= 11 is 5.73. The highest BCUT2D eigenvalue weighted by atomic mass is 35.5. The topological polar surface area (TPSA) is 95.3 Å². The van der Waals surface area contributed by atoms with Crippen molar-refractivity contribution >= 4 is 17.7 Å². The summed E-state index contributed by atoms with van der Waals surface area (Å²) in [5.41, 5.74) is 0.387. The lowest BCUT2D eigenvalue weighted by molar-refractivity contribution is 0.118. The highest BCUT2D eigenvalue weighted by molar-refractivity contribution is 6.29. The molecule has 0 aliphatic carbocycles. The van der Waals surface area contributed by atoms with E-state index in [0.717, 1.165) is 12.4 Å². The number of nitrogens with one attached hydrogen (secondary N) is 1. The molecule has 1 heterocycles. The number of aliphatic hydroxyl groups excluding tert-OH is 1. The van der Waals surface area contributed by atoms with Crippen molar-refractivity contribution in [2.75, 3.05) is 0 Å². The van der Waals surface area contributed by atoms with E-state index in [-0.39, 0.29) is 16.4 Å². The van der Waals surface area contributed by atoms with Gasteiger partial charge in [0.1, 0.15) is 29.4 Å². The summed E-state index contributed by atoms with van der Waals surface area (Å²) in [7, 11) is 0. The normalized spacial score (nSPS) is 13.5. The van der Waals surface area contributed by atoms with E-state index in [9.17, 15) is 14.3 Å². The average Bonchev–Trinajstić information content (AvgIpc) is 2.44. The molecule has 0 unspecified atom stereocenters. The molecule has 110 valence electrons. The Labute approximate surface area is 124 Å². The predicted molar refractivity (Wildman–Crippen MR) is 72.3 cm³/mol. The van der Waals surface area contributed by atoms with Crippen LogP contribution in [0.1, 0.15) is 23.4 Å². The van der Waals surface area contributed by atoms with Crippen molar-refractivity contribution in [2.45, 2.75) is 12.1 Å². The molecular formula is C13H11ClFN3O3. The Kier molecular flexibility index (Phi) is 4.66. The molecule has 0 radical (unpaired) electrons. The zero-order chi connectivity index (χ0) is 15.4. The van der Waals surface area contributed by atoms with Gasteiger partial charge in [-0.25, -0.2) is 19.2 Å². The summed E-state index contributed by atoms with van der Waals surface area (Å²) in [6.45, 7) is 0. The molecule has 0 spiro atoms. The van der Waals surface area contributed by atoms with Crippen LogP contribution in [0.2, 0.25) is 5.15 Å². The monoisotopic (exact) mass is 311 g/mol. The summed E-state index contributed by atoms with van der Waals surface area (Å²) in [5, 5.41) is 21.4. The van der Waals surface area contributed by atoms with Gasteiger partial charge in [0.25, 0.3) is 0 Å². The maximum atomic E-state index is 13.2. The molecule has 2 aromatic rings. The van der Waals surface area contributed by atoms with Crippen molar-refractivity contribution < 1.29 is 19.4 Å². The van der Waals surface area contributed by atoms with Gasteiger partial charge in [-0.3, -0.25) is 0 Å². The van der Waals surface area contributed by atoms with Crippen molar-refractivity contribution in [1.29, 1.82) is 0 Å². The van der Waals surface area contributed by atoms with Gasteiger partial charge >= 0.3 is 6.09 Å². The molecule has 1 aromatic carbocycles. The molecule has 2 rings (SSSR count). The SMILES string of the molecule is O=C(O)N[C@H](c1cc(Cl)ncn1)[C@@H](O)c1cccc(F)c1. The van der Waals surface area contributed by atoms with Gasteiger partial charge in [-0.1, -0.05) is 23.7 Å².